The van der Waals surface area contributed by atoms with Gasteiger partial charge < -0.3 is 4.42 Å². The van der Waals surface area contributed by atoms with Gasteiger partial charge in [0.05, 0.1) is 6.04 Å². The van der Waals surface area contributed by atoms with Crippen LogP contribution in [0.5, 0.6) is 0 Å². The Morgan fingerprint density at radius 3 is 2.88 bits per heavy atom. The van der Waals surface area contributed by atoms with Crippen molar-refractivity contribution in [1.82, 2.24) is 5.43 Å². The summed E-state index contributed by atoms with van der Waals surface area (Å²) in [6, 6.07) is 8.08. The minimum Gasteiger partial charge on any atom is -0.453 e. The van der Waals surface area contributed by atoms with Gasteiger partial charge in [0.15, 0.2) is 4.67 Å². The highest BCUT2D eigenvalue weighted by Crippen LogP contribution is 2.24. The lowest BCUT2D eigenvalue weighted by Crippen LogP contribution is -2.28. The first-order valence-corrected chi connectivity index (χ1v) is 6.70. The minimum atomic E-state index is 0.0633. The van der Waals surface area contributed by atoms with Crippen LogP contribution in [0.1, 0.15) is 23.1 Å². The summed E-state index contributed by atoms with van der Waals surface area (Å²) in [6.07, 6.45) is 1.93. The van der Waals surface area contributed by atoms with Gasteiger partial charge >= 0.3 is 0 Å². The molecule has 1 unspecified atom stereocenters. The van der Waals surface area contributed by atoms with E-state index in [-0.39, 0.29) is 6.04 Å². The van der Waals surface area contributed by atoms with Crippen LogP contribution in [0.4, 0.5) is 0 Å². The van der Waals surface area contributed by atoms with Gasteiger partial charge in [-0.2, -0.15) is 0 Å². The van der Waals surface area contributed by atoms with Gasteiger partial charge in [-0.05, 0) is 52.4 Å². The third-order valence-electron chi connectivity index (χ3n) is 2.40. The van der Waals surface area contributed by atoms with E-state index >= 15 is 0 Å². The molecule has 0 saturated carbocycles. The van der Waals surface area contributed by atoms with Gasteiger partial charge in [-0.15, -0.1) is 11.3 Å². The predicted molar refractivity (Wildman–Crippen MR) is 69.1 cm³/mol. The third kappa shape index (κ3) is 2.95. The molecular weight excluding hydrogens is 288 g/mol. The highest BCUT2D eigenvalue weighted by atomic mass is 79.9. The second kappa shape index (κ2) is 5.63. The van der Waals surface area contributed by atoms with Crippen molar-refractivity contribution in [3.63, 3.8) is 0 Å². The molecule has 0 aliphatic carbocycles. The average molecular weight is 301 g/mol. The summed E-state index contributed by atoms with van der Waals surface area (Å²) in [6.45, 7) is 0. The maximum absolute atomic E-state index is 5.53. The van der Waals surface area contributed by atoms with Crippen LogP contribution < -0.4 is 11.3 Å². The number of rotatable bonds is 5. The van der Waals surface area contributed by atoms with E-state index in [1.807, 2.05) is 12.1 Å². The number of furan rings is 1. The molecule has 2 heterocycles. The number of aryl methyl sites for hydroxylation is 1. The van der Waals surface area contributed by atoms with E-state index in [1.165, 1.54) is 4.88 Å². The van der Waals surface area contributed by atoms with Crippen molar-refractivity contribution in [3.8, 4) is 0 Å². The zero-order valence-corrected chi connectivity index (χ0v) is 11.1. The first-order chi connectivity index (χ1) is 7.79. The lowest BCUT2D eigenvalue weighted by molar-refractivity contribution is 0.392. The number of nitrogens with one attached hydrogen (secondary N) is 1. The fourth-order valence-electron chi connectivity index (χ4n) is 1.56. The smallest absolute Gasteiger partial charge is 0.169 e. The molecule has 2 aromatic heterocycles. The topological polar surface area (TPSA) is 51.2 Å². The van der Waals surface area contributed by atoms with Crippen molar-refractivity contribution in [2.75, 3.05) is 0 Å². The number of hydrogen-bond acceptors (Lipinski definition) is 4. The second-order valence-electron chi connectivity index (χ2n) is 3.48. The fraction of sp³-hybridized carbons (Fsp3) is 0.273. The molecule has 0 saturated heterocycles. The lowest BCUT2D eigenvalue weighted by Gasteiger charge is -2.12. The first-order valence-electron chi connectivity index (χ1n) is 5.03. The molecule has 5 heteroatoms. The molecule has 3 nitrogen and oxygen atoms in total. The van der Waals surface area contributed by atoms with E-state index in [0.717, 1.165) is 23.3 Å². The Balaban J connectivity index is 1.96. The first kappa shape index (κ1) is 11.9. The molecule has 0 amide bonds. The van der Waals surface area contributed by atoms with Crippen LogP contribution in [0.25, 0.3) is 0 Å². The predicted octanol–water partition coefficient (Wildman–Crippen LogP) is 3.24. The molecule has 0 aromatic carbocycles. The number of thiophene rings is 1. The van der Waals surface area contributed by atoms with Crippen LogP contribution in [-0.2, 0) is 6.42 Å². The Labute approximate surface area is 107 Å². The van der Waals surface area contributed by atoms with Crippen molar-refractivity contribution in [3.05, 3.63) is 45.0 Å². The summed E-state index contributed by atoms with van der Waals surface area (Å²) in [4.78, 5) is 1.37. The highest BCUT2D eigenvalue weighted by Gasteiger charge is 2.13. The fourth-order valence-corrected chi connectivity index (χ4v) is 2.61. The maximum atomic E-state index is 5.53. The third-order valence-corrected chi connectivity index (χ3v) is 3.76. The second-order valence-corrected chi connectivity index (χ2v) is 5.29. The molecule has 0 spiro atoms. The summed E-state index contributed by atoms with van der Waals surface area (Å²) in [5.74, 6) is 6.40. The van der Waals surface area contributed by atoms with E-state index in [0.29, 0.717) is 0 Å². The van der Waals surface area contributed by atoms with Crippen molar-refractivity contribution in [2.45, 2.75) is 18.9 Å². The lowest BCUT2D eigenvalue weighted by atomic mass is 10.1. The molecule has 0 radical (unpaired) electrons. The van der Waals surface area contributed by atoms with Crippen LogP contribution in [0.3, 0.4) is 0 Å². The van der Waals surface area contributed by atoms with Gasteiger partial charge in [-0.25, -0.2) is 5.43 Å². The van der Waals surface area contributed by atoms with Crippen molar-refractivity contribution in [2.24, 2.45) is 5.84 Å². The van der Waals surface area contributed by atoms with Gasteiger partial charge in [0.2, 0.25) is 0 Å². The standard InChI is InChI=1S/C11H13BrN2OS/c12-11-6-5-10(15-11)9(14-13)4-3-8-2-1-7-16-8/h1-2,5-7,9,14H,3-4,13H2. The van der Waals surface area contributed by atoms with E-state index in [9.17, 15) is 0 Å². The van der Waals surface area contributed by atoms with Crippen molar-refractivity contribution < 1.29 is 4.42 Å². The molecule has 0 aliphatic rings. The minimum absolute atomic E-state index is 0.0633. The number of halogens is 1. The Morgan fingerprint density at radius 1 is 1.44 bits per heavy atom. The Bertz CT molecular complexity index is 427. The molecular formula is C11H13BrN2OS. The molecule has 86 valence electrons. The quantitative estimate of drug-likeness (QED) is 0.658. The molecule has 1 atom stereocenters. The summed E-state index contributed by atoms with van der Waals surface area (Å²) >= 11 is 5.05. The zero-order chi connectivity index (χ0) is 11.4. The summed E-state index contributed by atoms with van der Waals surface area (Å²) in [5, 5.41) is 2.09. The molecule has 16 heavy (non-hydrogen) atoms. The molecule has 2 aromatic rings. The molecule has 2 rings (SSSR count). The van der Waals surface area contributed by atoms with Crippen molar-refractivity contribution >= 4 is 27.3 Å². The monoisotopic (exact) mass is 300 g/mol. The van der Waals surface area contributed by atoms with E-state index in [2.05, 4.69) is 38.9 Å². The Hall–Kier alpha value is -0.620. The van der Waals surface area contributed by atoms with Gasteiger partial charge in [-0.1, -0.05) is 6.07 Å². The number of nitrogens with two attached hydrogens (primary N) is 1. The Kier molecular flexibility index (Phi) is 4.17. The molecule has 0 fully saturated rings. The van der Waals surface area contributed by atoms with Crippen LogP contribution in [0.2, 0.25) is 0 Å². The summed E-state index contributed by atoms with van der Waals surface area (Å²) in [5.41, 5.74) is 2.78. The average Bonchev–Trinajstić information content (AvgIpc) is 2.91. The molecule has 3 N–H and O–H groups in total. The number of hydrogen-bond donors (Lipinski definition) is 2. The van der Waals surface area contributed by atoms with Gasteiger partial charge in [0.25, 0.3) is 0 Å². The van der Waals surface area contributed by atoms with Gasteiger partial charge in [0, 0.05) is 4.88 Å². The van der Waals surface area contributed by atoms with Gasteiger partial charge in [0.1, 0.15) is 5.76 Å². The maximum Gasteiger partial charge on any atom is 0.169 e. The van der Waals surface area contributed by atoms with Crippen molar-refractivity contribution in [1.29, 1.82) is 0 Å². The van der Waals surface area contributed by atoms with Crippen LogP contribution in [-0.4, -0.2) is 0 Å². The molecule has 0 aliphatic heterocycles. The van der Waals surface area contributed by atoms with E-state index in [4.69, 9.17) is 10.3 Å². The van der Waals surface area contributed by atoms with Gasteiger partial charge in [-0.3, -0.25) is 5.84 Å². The SMILES string of the molecule is NNC(CCc1cccs1)c1ccc(Br)o1. The zero-order valence-electron chi connectivity index (χ0n) is 8.65. The van der Waals surface area contributed by atoms with Crippen LogP contribution in [0, 0.1) is 0 Å². The Morgan fingerprint density at radius 2 is 2.31 bits per heavy atom. The molecule has 0 bridgehead atoms. The van der Waals surface area contributed by atoms with E-state index < -0.39 is 0 Å². The van der Waals surface area contributed by atoms with Crippen LogP contribution >= 0.6 is 27.3 Å². The van der Waals surface area contributed by atoms with Crippen LogP contribution in [0.15, 0.2) is 38.7 Å². The summed E-state index contributed by atoms with van der Waals surface area (Å²) in [7, 11) is 0. The normalized spacial score (nSPS) is 12.9. The largest absolute Gasteiger partial charge is 0.453 e. The summed E-state index contributed by atoms with van der Waals surface area (Å²) < 4.78 is 6.22. The highest BCUT2D eigenvalue weighted by molar-refractivity contribution is 9.10. The number of hydrazine groups is 1. The van der Waals surface area contributed by atoms with E-state index in [1.54, 1.807) is 11.3 Å².